The van der Waals surface area contributed by atoms with Crippen molar-refractivity contribution in [2.45, 2.75) is 25.8 Å². The lowest BCUT2D eigenvalue weighted by atomic mass is 10.1. The third-order valence-corrected chi connectivity index (χ3v) is 6.05. The summed E-state index contributed by atoms with van der Waals surface area (Å²) in [6.45, 7) is 2.68. The van der Waals surface area contributed by atoms with Gasteiger partial charge < -0.3 is 15.0 Å². The molecular weight excluding hydrogens is 344 g/mol. The molecule has 1 heterocycles. The van der Waals surface area contributed by atoms with E-state index in [4.69, 9.17) is 4.74 Å². The molecular formula is C17H24N2O5S. The highest BCUT2D eigenvalue weighted by Crippen LogP contribution is 2.19. The van der Waals surface area contributed by atoms with E-state index in [1.807, 2.05) is 6.92 Å². The molecule has 0 bridgehead atoms. The molecule has 8 heteroatoms. The highest BCUT2D eigenvalue weighted by molar-refractivity contribution is 7.91. The van der Waals surface area contributed by atoms with Gasteiger partial charge in [0.2, 0.25) is 5.91 Å². The van der Waals surface area contributed by atoms with E-state index in [0.717, 1.165) is 0 Å². The Labute approximate surface area is 148 Å². The number of nitrogens with zero attached hydrogens (tertiary/aromatic N) is 1. The zero-order valence-electron chi connectivity index (χ0n) is 14.5. The van der Waals surface area contributed by atoms with Gasteiger partial charge in [0.25, 0.3) is 0 Å². The van der Waals surface area contributed by atoms with E-state index in [1.165, 1.54) is 7.11 Å². The number of esters is 1. The number of hydrogen-bond donors (Lipinski definition) is 1. The van der Waals surface area contributed by atoms with E-state index in [2.05, 4.69) is 5.32 Å². The zero-order chi connectivity index (χ0) is 18.4. The number of nitrogens with one attached hydrogen (secondary N) is 1. The summed E-state index contributed by atoms with van der Waals surface area (Å²) in [5.74, 6) is -0.342. The molecule has 1 aliphatic rings. The summed E-state index contributed by atoms with van der Waals surface area (Å²) in [5, 5.41) is 3.08. The summed E-state index contributed by atoms with van der Waals surface area (Å²) in [6, 6.07) is 6.69. The lowest BCUT2D eigenvalue weighted by molar-refractivity contribution is -0.132. The fraction of sp³-hybridized carbons (Fsp3) is 0.529. The Morgan fingerprint density at radius 3 is 2.64 bits per heavy atom. The number of amides is 1. The molecule has 1 N–H and O–H groups in total. The maximum absolute atomic E-state index is 12.4. The zero-order valence-corrected chi connectivity index (χ0v) is 15.3. The Hall–Kier alpha value is -2.09. The van der Waals surface area contributed by atoms with Gasteiger partial charge in [0.05, 0.1) is 24.2 Å². The molecule has 0 radical (unpaired) electrons. The van der Waals surface area contributed by atoms with E-state index in [1.54, 1.807) is 29.2 Å². The minimum Gasteiger partial charge on any atom is -0.465 e. The van der Waals surface area contributed by atoms with E-state index in [9.17, 15) is 18.0 Å². The van der Waals surface area contributed by atoms with Crippen LogP contribution in [0.4, 0.5) is 5.69 Å². The number of methoxy groups -OCH3 is 1. The van der Waals surface area contributed by atoms with Crippen LogP contribution >= 0.6 is 0 Å². The minimum atomic E-state index is -3.03. The maximum atomic E-state index is 12.4. The Bertz CT molecular complexity index is 732. The van der Waals surface area contributed by atoms with Gasteiger partial charge in [0.1, 0.15) is 0 Å². The third-order valence-electron chi connectivity index (χ3n) is 4.30. The fourth-order valence-corrected chi connectivity index (χ4v) is 4.76. The van der Waals surface area contributed by atoms with Crippen LogP contribution in [0, 0.1) is 0 Å². The first kappa shape index (κ1) is 19.2. The van der Waals surface area contributed by atoms with Crippen LogP contribution in [0.25, 0.3) is 0 Å². The highest BCUT2D eigenvalue weighted by Gasteiger charge is 2.33. The molecule has 1 fully saturated rings. The molecule has 0 spiro atoms. The Kier molecular flexibility index (Phi) is 6.41. The second-order valence-electron chi connectivity index (χ2n) is 5.95. The SMILES string of the molecule is CCN(C(=O)CCNc1ccccc1C(=O)OC)C1CCS(=O)(=O)C1. The molecule has 0 aliphatic carbocycles. The summed E-state index contributed by atoms with van der Waals surface area (Å²) >= 11 is 0. The van der Waals surface area contributed by atoms with Gasteiger partial charge >= 0.3 is 5.97 Å². The number of hydrogen-bond acceptors (Lipinski definition) is 6. The number of ether oxygens (including phenoxy) is 1. The summed E-state index contributed by atoms with van der Waals surface area (Å²) in [4.78, 5) is 25.8. The van der Waals surface area contributed by atoms with Crippen molar-refractivity contribution in [3.63, 3.8) is 0 Å². The number of para-hydroxylation sites is 1. The number of carbonyl (C=O) groups excluding carboxylic acids is 2. The lowest BCUT2D eigenvalue weighted by Gasteiger charge is -2.27. The monoisotopic (exact) mass is 368 g/mol. The number of carbonyl (C=O) groups is 2. The molecule has 1 amide bonds. The number of rotatable bonds is 7. The van der Waals surface area contributed by atoms with Crippen LogP contribution in [-0.2, 0) is 19.4 Å². The molecule has 25 heavy (non-hydrogen) atoms. The van der Waals surface area contributed by atoms with Gasteiger partial charge in [-0.15, -0.1) is 0 Å². The predicted molar refractivity (Wildman–Crippen MR) is 95.3 cm³/mol. The normalized spacial score (nSPS) is 18.6. The predicted octanol–water partition coefficient (Wildman–Crippen LogP) is 1.31. The second-order valence-corrected chi connectivity index (χ2v) is 8.18. The minimum absolute atomic E-state index is 0.0468. The van der Waals surface area contributed by atoms with E-state index in [-0.39, 0.29) is 29.9 Å². The van der Waals surface area contributed by atoms with Crippen molar-refractivity contribution in [1.29, 1.82) is 0 Å². The van der Waals surface area contributed by atoms with Crippen LogP contribution in [0.2, 0.25) is 0 Å². The van der Waals surface area contributed by atoms with Crippen molar-refractivity contribution in [2.75, 3.05) is 37.0 Å². The molecule has 1 aromatic rings. The first-order chi connectivity index (χ1) is 11.9. The molecule has 7 nitrogen and oxygen atoms in total. The van der Waals surface area contributed by atoms with Crippen molar-refractivity contribution in [1.82, 2.24) is 4.90 Å². The Morgan fingerprint density at radius 2 is 2.04 bits per heavy atom. The highest BCUT2D eigenvalue weighted by atomic mass is 32.2. The molecule has 0 aromatic heterocycles. The van der Waals surface area contributed by atoms with Crippen LogP contribution in [0.3, 0.4) is 0 Å². The van der Waals surface area contributed by atoms with Gasteiger partial charge in [0.15, 0.2) is 9.84 Å². The topological polar surface area (TPSA) is 92.8 Å². The van der Waals surface area contributed by atoms with Crippen molar-refractivity contribution in [3.8, 4) is 0 Å². The largest absolute Gasteiger partial charge is 0.465 e. The second kappa shape index (κ2) is 8.33. The van der Waals surface area contributed by atoms with E-state index >= 15 is 0 Å². The van der Waals surface area contributed by atoms with Crippen LogP contribution in [0.5, 0.6) is 0 Å². The van der Waals surface area contributed by atoms with Crippen molar-refractivity contribution in [3.05, 3.63) is 29.8 Å². The van der Waals surface area contributed by atoms with Crippen molar-refractivity contribution < 1.29 is 22.7 Å². The molecule has 0 saturated carbocycles. The maximum Gasteiger partial charge on any atom is 0.339 e. The molecule has 1 unspecified atom stereocenters. The molecule has 138 valence electrons. The Morgan fingerprint density at radius 1 is 1.32 bits per heavy atom. The molecule has 1 atom stereocenters. The van der Waals surface area contributed by atoms with Crippen molar-refractivity contribution >= 4 is 27.4 Å². The van der Waals surface area contributed by atoms with Gasteiger partial charge in [0, 0.05) is 31.2 Å². The number of sulfone groups is 1. The molecule has 1 saturated heterocycles. The van der Waals surface area contributed by atoms with Crippen molar-refractivity contribution in [2.24, 2.45) is 0 Å². The van der Waals surface area contributed by atoms with E-state index < -0.39 is 15.8 Å². The summed E-state index contributed by atoms with van der Waals surface area (Å²) in [6.07, 6.45) is 0.723. The van der Waals surface area contributed by atoms with Gasteiger partial charge in [-0.05, 0) is 25.5 Å². The molecule has 1 aromatic carbocycles. The quantitative estimate of drug-likeness (QED) is 0.730. The average molecular weight is 368 g/mol. The van der Waals surface area contributed by atoms with Crippen LogP contribution in [-0.4, -0.2) is 62.9 Å². The Balaban J connectivity index is 1.93. The smallest absolute Gasteiger partial charge is 0.339 e. The number of anilines is 1. The van der Waals surface area contributed by atoms with Gasteiger partial charge in [-0.2, -0.15) is 0 Å². The van der Waals surface area contributed by atoms with Crippen LogP contribution in [0.15, 0.2) is 24.3 Å². The third kappa shape index (κ3) is 4.94. The standard InChI is InChI=1S/C17H24N2O5S/c1-3-19(13-9-11-25(22,23)12-13)16(20)8-10-18-15-7-5-4-6-14(15)17(21)24-2/h4-7,13,18H,3,8-12H2,1-2H3. The number of benzene rings is 1. The van der Waals surface area contributed by atoms with Gasteiger partial charge in [-0.25, -0.2) is 13.2 Å². The lowest BCUT2D eigenvalue weighted by Crippen LogP contribution is -2.41. The van der Waals surface area contributed by atoms with E-state index in [0.29, 0.717) is 30.8 Å². The fourth-order valence-electron chi connectivity index (χ4n) is 3.03. The first-order valence-electron chi connectivity index (χ1n) is 8.29. The van der Waals surface area contributed by atoms with Gasteiger partial charge in [-0.3, -0.25) is 4.79 Å². The van der Waals surface area contributed by atoms with Crippen LogP contribution < -0.4 is 5.32 Å². The summed E-state index contributed by atoms with van der Waals surface area (Å²) < 4.78 is 28.0. The molecule has 1 aliphatic heterocycles. The average Bonchev–Trinajstić information content (AvgIpc) is 2.95. The van der Waals surface area contributed by atoms with Gasteiger partial charge in [-0.1, -0.05) is 12.1 Å². The van der Waals surface area contributed by atoms with Crippen LogP contribution in [0.1, 0.15) is 30.1 Å². The molecule has 2 rings (SSSR count). The summed E-state index contributed by atoms with van der Waals surface area (Å²) in [5.41, 5.74) is 1.01. The summed E-state index contributed by atoms with van der Waals surface area (Å²) in [7, 11) is -1.71. The first-order valence-corrected chi connectivity index (χ1v) is 10.1.